The molecule has 4 bridgehead atoms. The van der Waals surface area contributed by atoms with Crippen molar-refractivity contribution in [3.8, 4) is 0 Å². The first-order chi connectivity index (χ1) is 13.6. The van der Waals surface area contributed by atoms with Crippen LogP contribution >= 0.6 is 0 Å². The molecular weight excluding hydrogens is 419 g/mol. The summed E-state index contributed by atoms with van der Waals surface area (Å²) in [6.07, 6.45) is -4.63. The Balaban J connectivity index is 1.88. The van der Waals surface area contributed by atoms with Crippen molar-refractivity contribution in [2.24, 2.45) is 17.3 Å². The molecule has 4 rings (SSSR count). The fraction of sp³-hybridized carbons (Fsp3) is 0.895. The molecule has 4 aliphatic carbocycles. The first-order valence-corrected chi connectivity index (χ1v) is 9.76. The minimum absolute atomic E-state index is 0.0399. The topological polar surface area (TPSA) is 82.1 Å². The van der Waals surface area contributed by atoms with Crippen LogP contribution in [0.15, 0.2) is 0 Å². The third-order valence-corrected chi connectivity index (χ3v) is 6.37. The van der Waals surface area contributed by atoms with Gasteiger partial charge in [0.1, 0.15) is 0 Å². The maximum atomic E-state index is 13.9. The van der Waals surface area contributed by atoms with E-state index in [0.717, 1.165) is 6.42 Å². The van der Waals surface area contributed by atoms with E-state index < -0.39 is 53.9 Å². The van der Waals surface area contributed by atoms with Gasteiger partial charge in [0.05, 0.1) is 24.7 Å². The molecule has 4 aliphatic rings. The van der Waals surface area contributed by atoms with Crippen LogP contribution in [-0.4, -0.2) is 54.2 Å². The Bertz CT molecular complexity index is 689. The van der Waals surface area contributed by atoms with Gasteiger partial charge >= 0.3 is 23.9 Å². The number of esters is 2. The summed E-state index contributed by atoms with van der Waals surface area (Å²) in [7, 11) is 0.641. The molecule has 0 spiro atoms. The van der Waals surface area contributed by atoms with Crippen LogP contribution in [0.1, 0.15) is 51.9 Å². The number of aliphatic hydroxyl groups is 1. The Kier molecular flexibility index (Phi) is 5.63. The summed E-state index contributed by atoms with van der Waals surface area (Å²) in [4.78, 5) is 25.1. The molecule has 30 heavy (non-hydrogen) atoms. The molecule has 3 unspecified atom stereocenters. The van der Waals surface area contributed by atoms with Crippen LogP contribution in [0.3, 0.4) is 0 Å². The molecule has 172 valence electrons. The van der Waals surface area contributed by atoms with Crippen LogP contribution in [0.2, 0.25) is 0 Å². The molecule has 11 heteroatoms. The Hall–Kier alpha value is -1.49. The number of methoxy groups -OCH3 is 1. The van der Waals surface area contributed by atoms with Crippen LogP contribution in [0.4, 0.5) is 22.0 Å². The van der Waals surface area contributed by atoms with Gasteiger partial charge in [0.2, 0.25) is 5.92 Å². The van der Waals surface area contributed by atoms with Gasteiger partial charge in [-0.15, -0.1) is 0 Å². The van der Waals surface area contributed by atoms with Crippen molar-refractivity contribution in [2.75, 3.05) is 13.7 Å². The van der Waals surface area contributed by atoms with Gasteiger partial charge in [0, 0.05) is 6.42 Å². The average Bonchev–Trinajstić information content (AvgIpc) is 2.55. The lowest BCUT2D eigenvalue weighted by molar-refractivity contribution is -0.360. The summed E-state index contributed by atoms with van der Waals surface area (Å²) in [5.74, 6) is -11.0. The zero-order chi connectivity index (χ0) is 22.6. The molecule has 0 aromatic heterocycles. The van der Waals surface area contributed by atoms with E-state index in [2.05, 4.69) is 14.2 Å². The second-order valence-electron chi connectivity index (χ2n) is 9.13. The van der Waals surface area contributed by atoms with E-state index in [0.29, 0.717) is 26.9 Å². The summed E-state index contributed by atoms with van der Waals surface area (Å²) in [5, 5.41) is 10.7. The predicted octanol–water partition coefficient (Wildman–Crippen LogP) is 3.35. The number of hydrogen-bond donors (Lipinski definition) is 1. The monoisotopic (exact) mass is 444 g/mol. The summed E-state index contributed by atoms with van der Waals surface area (Å²) >= 11 is 0. The van der Waals surface area contributed by atoms with Gasteiger partial charge < -0.3 is 19.3 Å². The standard InChI is InChI=1S/C19H25F5O6/c1-15(20,21)3-4-29-18(14(26)28-2,19(22,23)24)30-13(25)16-6-11-5-12(7-16)9-17(27,8-11)10-16/h11-12,27H,3-10H2,1-2H3. The number of ether oxygens (including phenoxy) is 3. The van der Waals surface area contributed by atoms with Crippen molar-refractivity contribution in [2.45, 2.75) is 75.4 Å². The molecule has 1 N–H and O–H groups in total. The van der Waals surface area contributed by atoms with Crippen molar-refractivity contribution in [1.29, 1.82) is 0 Å². The SMILES string of the molecule is COC(=O)C(OCCC(C)(F)F)(OC(=O)C12CC3CC(CC(O)(C3)C1)C2)C(F)(F)F. The van der Waals surface area contributed by atoms with Crippen LogP contribution in [0, 0.1) is 17.3 Å². The maximum absolute atomic E-state index is 13.9. The van der Waals surface area contributed by atoms with E-state index in [1.54, 1.807) is 0 Å². The summed E-state index contributed by atoms with van der Waals surface area (Å²) < 4.78 is 81.2. The molecule has 0 radical (unpaired) electrons. The lowest BCUT2D eigenvalue weighted by atomic mass is 9.48. The normalized spacial score (nSPS) is 35.1. The lowest BCUT2D eigenvalue weighted by Gasteiger charge is -2.59. The average molecular weight is 444 g/mol. The number of carbonyl (C=O) groups is 2. The lowest BCUT2D eigenvalue weighted by Crippen LogP contribution is -2.63. The van der Waals surface area contributed by atoms with Gasteiger partial charge in [-0.1, -0.05) is 0 Å². The Morgan fingerprint density at radius 2 is 1.63 bits per heavy atom. The van der Waals surface area contributed by atoms with Gasteiger partial charge in [-0.2, -0.15) is 13.2 Å². The fourth-order valence-electron chi connectivity index (χ4n) is 5.59. The van der Waals surface area contributed by atoms with Gasteiger partial charge in [0.25, 0.3) is 0 Å². The number of halogens is 5. The highest BCUT2D eigenvalue weighted by Gasteiger charge is 2.70. The van der Waals surface area contributed by atoms with E-state index in [9.17, 15) is 36.6 Å². The fourth-order valence-corrected chi connectivity index (χ4v) is 5.59. The van der Waals surface area contributed by atoms with Crippen molar-refractivity contribution in [1.82, 2.24) is 0 Å². The van der Waals surface area contributed by atoms with Crippen molar-refractivity contribution >= 4 is 11.9 Å². The predicted molar refractivity (Wildman–Crippen MR) is 90.1 cm³/mol. The number of hydrogen-bond acceptors (Lipinski definition) is 6. The van der Waals surface area contributed by atoms with Crippen LogP contribution in [-0.2, 0) is 23.8 Å². The summed E-state index contributed by atoms with van der Waals surface area (Å²) in [6, 6.07) is 0. The van der Waals surface area contributed by atoms with Crippen molar-refractivity contribution in [3.05, 3.63) is 0 Å². The van der Waals surface area contributed by atoms with Crippen LogP contribution < -0.4 is 0 Å². The Morgan fingerprint density at radius 3 is 2.07 bits per heavy atom. The molecule has 0 saturated heterocycles. The highest BCUT2D eigenvalue weighted by Crippen LogP contribution is 2.62. The van der Waals surface area contributed by atoms with Gasteiger partial charge in [-0.05, 0) is 57.3 Å². The highest BCUT2D eigenvalue weighted by molar-refractivity contribution is 5.85. The van der Waals surface area contributed by atoms with Crippen LogP contribution in [0.5, 0.6) is 0 Å². The molecule has 4 fully saturated rings. The molecule has 6 nitrogen and oxygen atoms in total. The maximum Gasteiger partial charge on any atom is 0.468 e. The smallest absolute Gasteiger partial charge is 0.464 e. The minimum atomic E-state index is -5.57. The van der Waals surface area contributed by atoms with E-state index in [1.807, 2.05) is 0 Å². The number of alkyl halides is 5. The second-order valence-corrected chi connectivity index (χ2v) is 9.13. The summed E-state index contributed by atoms with van der Waals surface area (Å²) in [6.45, 7) is -0.723. The van der Waals surface area contributed by atoms with E-state index in [1.165, 1.54) is 0 Å². The third kappa shape index (κ3) is 4.15. The molecule has 4 saturated carbocycles. The Labute approximate surface area is 170 Å². The molecule has 0 aliphatic heterocycles. The van der Waals surface area contributed by atoms with E-state index in [4.69, 9.17) is 0 Å². The van der Waals surface area contributed by atoms with Gasteiger partial charge in [0.15, 0.2) is 0 Å². The largest absolute Gasteiger partial charge is 0.468 e. The molecule has 0 heterocycles. The summed E-state index contributed by atoms with van der Waals surface area (Å²) in [5.41, 5.74) is -2.55. The van der Waals surface area contributed by atoms with Crippen molar-refractivity contribution < 1.29 is 50.9 Å². The van der Waals surface area contributed by atoms with E-state index >= 15 is 0 Å². The number of carbonyl (C=O) groups excluding carboxylic acids is 2. The van der Waals surface area contributed by atoms with Gasteiger partial charge in [-0.25, -0.2) is 13.6 Å². The van der Waals surface area contributed by atoms with E-state index in [-0.39, 0.29) is 31.1 Å². The zero-order valence-electron chi connectivity index (χ0n) is 16.7. The highest BCUT2D eigenvalue weighted by atomic mass is 19.4. The Morgan fingerprint density at radius 1 is 1.07 bits per heavy atom. The van der Waals surface area contributed by atoms with Gasteiger partial charge in [-0.3, -0.25) is 4.79 Å². The second kappa shape index (κ2) is 7.29. The number of rotatable bonds is 7. The molecule has 0 aromatic rings. The molecule has 0 amide bonds. The molecular formula is C19H25F5O6. The first kappa shape index (κ1) is 23.2. The molecule has 0 aromatic carbocycles. The van der Waals surface area contributed by atoms with Crippen LogP contribution in [0.25, 0.3) is 0 Å². The van der Waals surface area contributed by atoms with Crippen molar-refractivity contribution in [3.63, 3.8) is 0 Å². The first-order valence-electron chi connectivity index (χ1n) is 9.76. The minimum Gasteiger partial charge on any atom is -0.464 e. The third-order valence-electron chi connectivity index (χ3n) is 6.37. The molecule has 3 atom stereocenters. The quantitative estimate of drug-likeness (QED) is 0.369. The zero-order valence-corrected chi connectivity index (χ0v) is 16.7.